The number of aliphatic hydroxyl groups excluding tert-OH is 1. The molecule has 2 rings (SSSR count). The molecule has 0 spiro atoms. The second kappa shape index (κ2) is 6.60. The molecule has 0 radical (unpaired) electrons. The second-order valence-corrected chi connectivity index (χ2v) is 6.40. The largest absolute Gasteiger partial charge is 0.394 e. The third-order valence-corrected chi connectivity index (χ3v) is 4.22. The first-order chi connectivity index (χ1) is 10.0. The quantitative estimate of drug-likeness (QED) is 0.720. The van der Waals surface area contributed by atoms with Crippen LogP contribution in [0.15, 0.2) is 0 Å². The van der Waals surface area contributed by atoms with E-state index in [1.54, 1.807) is 0 Å². The van der Waals surface area contributed by atoms with Gasteiger partial charge in [-0.15, -0.1) is 0 Å². The average molecular weight is 292 g/mol. The predicted octanol–water partition coefficient (Wildman–Crippen LogP) is 3.06. The van der Waals surface area contributed by atoms with E-state index >= 15 is 0 Å². The summed E-state index contributed by atoms with van der Waals surface area (Å²) in [6, 6.07) is 0. The molecule has 0 aliphatic heterocycles. The number of nitrogens with one attached hydrogen (secondary N) is 2. The molecule has 5 heteroatoms. The van der Waals surface area contributed by atoms with Gasteiger partial charge >= 0.3 is 0 Å². The van der Waals surface area contributed by atoms with E-state index in [0.717, 1.165) is 55.3 Å². The molecule has 0 bridgehead atoms. The Balaban J connectivity index is 2.31. The van der Waals surface area contributed by atoms with Crippen LogP contribution in [0.5, 0.6) is 0 Å². The number of aliphatic hydroxyl groups is 1. The lowest BCUT2D eigenvalue weighted by Crippen LogP contribution is -2.48. The normalized spacial score (nSPS) is 16.7. The molecule has 0 saturated heterocycles. The van der Waals surface area contributed by atoms with Crippen LogP contribution in [0.2, 0.25) is 0 Å². The van der Waals surface area contributed by atoms with Crippen LogP contribution >= 0.6 is 0 Å². The smallest absolute Gasteiger partial charge is 0.135 e. The Hall–Kier alpha value is -1.36. The molecule has 1 heterocycles. The molecular weight excluding hydrogens is 264 g/mol. The second-order valence-electron chi connectivity index (χ2n) is 6.40. The van der Waals surface area contributed by atoms with Crippen molar-refractivity contribution in [3.63, 3.8) is 0 Å². The van der Waals surface area contributed by atoms with E-state index in [9.17, 15) is 5.11 Å². The van der Waals surface area contributed by atoms with E-state index in [1.807, 2.05) is 6.92 Å². The summed E-state index contributed by atoms with van der Waals surface area (Å²) in [7, 11) is 0. The topological polar surface area (TPSA) is 70.1 Å². The van der Waals surface area contributed by atoms with E-state index in [0.29, 0.717) is 0 Å². The van der Waals surface area contributed by atoms with Crippen LogP contribution in [-0.4, -0.2) is 33.8 Å². The number of aromatic nitrogens is 2. The van der Waals surface area contributed by atoms with Gasteiger partial charge in [-0.3, -0.25) is 0 Å². The lowest BCUT2D eigenvalue weighted by Gasteiger charge is -2.41. The first-order valence-corrected chi connectivity index (χ1v) is 8.03. The van der Waals surface area contributed by atoms with Crippen molar-refractivity contribution in [2.45, 2.75) is 64.8 Å². The van der Waals surface area contributed by atoms with Crippen molar-refractivity contribution in [2.24, 2.45) is 0 Å². The summed E-state index contributed by atoms with van der Waals surface area (Å²) in [6.07, 6.45) is 4.23. The first kappa shape index (κ1) is 16.0. The van der Waals surface area contributed by atoms with E-state index in [1.165, 1.54) is 0 Å². The molecule has 5 nitrogen and oxygen atoms in total. The third kappa shape index (κ3) is 3.46. The Bertz CT molecular complexity index is 478. The van der Waals surface area contributed by atoms with Crippen LogP contribution in [0.4, 0.5) is 11.6 Å². The highest BCUT2D eigenvalue weighted by Gasteiger charge is 2.37. The van der Waals surface area contributed by atoms with E-state index in [4.69, 9.17) is 0 Å². The van der Waals surface area contributed by atoms with Crippen LogP contribution < -0.4 is 10.6 Å². The molecule has 1 saturated carbocycles. The molecule has 0 unspecified atom stereocenters. The van der Waals surface area contributed by atoms with Gasteiger partial charge in [0.25, 0.3) is 0 Å². The summed E-state index contributed by atoms with van der Waals surface area (Å²) in [4.78, 5) is 9.33. The van der Waals surface area contributed by atoms with Gasteiger partial charge in [0.15, 0.2) is 0 Å². The maximum atomic E-state index is 9.66. The van der Waals surface area contributed by atoms with Gasteiger partial charge in [0.2, 0.25) is 0 Å². The maximum Gasteiger partial charge on any atom is 0.135 e. The molecule has 1 aromatic rings. The molecule has 1 aliphatic carbocycles. The highest BCUT2D eigenvalue weighted by Crippen LogP contribution is 2.36. The van der Waals surface area contributed by atoms with Gasteiger partial charge in [0.05, 0.1) is 12.1 Å². The summed E-state index contributed by atoms with van der Waals surface area (Å²) in [6.45, 7) is 9.44. The number of nitrogens with zero attached hydrogens (tertiary/aromatic N) is 2. The molecule has 0 amide bonds. The zero-order chi connectivity index (χ0) is 15.5. The lowest BCUT2D eigenvalue weighted by atomic mass is 9.77. The van der Waals surface area contributed by atoms with Crippen molar-refractivity contribution in [1.82, 2.24) is 9.97 Å². The molecule has 1 fully saturated rings. The minimum absolute atomic E-state index is 0.158. The van der Waals surface area contributed by atoms with Crippen molar-refractivity contribution < 1.29 is 5.11 Å². The van der Waals surface area contributed by atoms with Gasteiger partial charge in [-0.05, 0) is 32.6 Å². The summed E-state index contributed by atoms with van der Waals surface area (Å²) >= 11 is 0. The molecule has 3 N–H and O–H groups in total. The fourth-order valence-electron chi connectivity index (χ4n) is 2.51. The number of anilines is 2. The zero-order valence-corrected chi connectivity index (χ0v) is 13.7. The van der Waals surface area contributed by atoms with Crippen LogP contribution in [0.25, 0.3) is 0 Å². The van der Waals surface area contributed by atoms with Crippen molar-refractivity contribution in [3.05, 3.63) is 11.4 Å². The maximum absolute atomic E-state index is 9.66. The molecular formula is C16H28N4O. The number of hydrogen-bond acceptors (Lipinski definition) is 5. The van der Waals surface area contributed by atoms with Crippen LogP contribution in [0.3, 0.4) is 0 Å². The van der Waals surface area contributed by atoms with Gasteiger partial charge < -0.3 is 15.7 Å². The van der Waals surface area contributed by atoms with Crippen molar-refractivity contribution in [1.29, 1.82) is 0 Å². The van der Waals surface area contributed by atoms with Crippen molar-refractivity contribution in [3.8, 4) is 0 Å². The van der Waals surface area contributed by atoms with Crippen LogP contribution in [0.1, 0.15) is 63.8 Å². The fraction of sp³-hybridized carbons (Fsp3) is 0.750. The summed E-state index contributed by atoms with van der Waals surface area (Å²) in [5, 5.41) is 16.5. The third-order valence-electron chi connectivity index (χ3n) is 4.22. The minimum Gasteiger partial charge on any atom is -0.394 e. The van der Waals surface area contributed by atoms with E-state index in [-0.39, 0.29) is 18.1 Å². The molecule has 0 aromatic carbocycles. The fourth-order valence-corrected chi connectivity index (χ4v) is 2.51. The monoisotopic (exact) mass is 292 g/mol. The van der Waals surface area contributed by atoms with Gasteiger partial charge in [-0.25, -0.2) is 9.97 Å². The van der Waals surface area contributed by atoms with Gasteiger partial charge in [0, 0.05) is 18.0 Å². The highest BCUT2D eigenvalue weighted by atomic mass is 16.3. The molecule has 0 atom stereocenters. The summed E-state index contributed by atoms with van der Waals surface area (Å²) in [5.41, 5.74) is 0.850. The molecule has 118 valence electrons. The number of hydrogen-bond donors (Lipinski definition) is 3. The minimum atomic E-state index is -0.185. The zero-order valence-electron chi connectivity index (χ0n) is 13.7. The Morgan fingerprint density at radius 3 is 2.38 bits per heavy atom. The Morgan fingerprint density at radius 2 is 1.90 bits per heavy atom. The highest BCUT2D eigenvalue weighted by molar-refractivity contribution is 5.58. The molecule has 1 aromatic heterocycles. The van der Waals surface area contributed by atoms with Crippen LogP contribution in [0, 0.1) is 6.92 Å². The molecule has 1 aliphatic rings. The lowest BCUT2D eigenvalue weighted by molar-refractivity contribution is 0.143. The van der Waals surface area contributed by atoms with E-state index in [2.05, 4.69) is 41.4 Å². The molecule has 21 heavy (non-hydrogen) atoms. The van der Waals surface area contributed by atoms with Crippen LogP contribution in [-0.2, 0) is 0 Å². The summed E-state index contributed by atoms with van der Waals surface area (Å²) < 4.78 is 0. The standard InChI is InChI=1S/C16H28N4O/c1-5-9-17-14-12(4)15(19-13(18-14)11(2)3)20-16(10-21)7-6-8-16/h11,21H,5-10H2,1-4H3,(H2,17,18,19,20). The Morgan fingerprint density at radius 1 is 1.24 bits per heavy atom. The van der Waals surface area contributed by atoms with E-state index < -0.39 is 0 Å². The predicted molar refractivity (Wildman–Crippen MR) is 86.9 cm³/mol. The first-order valence-electron chi connectivity index (χ1n) is 8.03. The summed E-state index contributed by atoms with van der Waals surface area (Å²) in [5.74, 6) is 2.89. The van der Waals surface area contributed by atoms with Gasteiger partial charge in [-0.1, -0.05) is 20.8 Å². The van der Waals surface area contributed by atoms with Gasteiger partial charge in [0.1, 0.15) is 17.5 Å². The number of rotatable bonds is 7. The van der Waals surface area contributed by atoms with Crippen molar-refractivity contribution in [2.75, 3.05) is 23.8 Å². The Kier molecular flexibility index (Phi) is 5.04. The Labute approximate surface area is 127 Å². The van der Waals surface area contributed by atoms with Gasteiger partial charge in [-0.2, -0.15) is 0 Å². The van der Waals surface area contributed by atoms with Crippen molar-refractivity contribution >= 4 is 11.6 Å². The SMILES string of the molecule is CCCNc1nc(C(C)C)nc(NC2(CO)CCC2)c1C. The average Bonchev–Trinajstić information content (AvgIpc) is 2.42.